The molecule has 8 aromatic carbocycles. The summed E-state index contributed by atoms with van der Waals surface area (Å²) < 4.78 is 0. The summed E-state index contributed by atoms with van der Waals surface area (Å²) in [5.41, 5.74) is 19.9. The van der Waals surface area contributed by atoms with E-state index in [1.54, 1.807) is 0 Å². The Morgan fingerprint density at radius 1 is 0.235 bits per heavy atom. The molecule has 68 heavy (non-hydrogen) atoms. The van der Waals surface area contributed by atoms with Crippen LogP contribution < -0.4 is 0 Å². The summed E-state index contributed by atoms with van der Waals surface area (Å²) >= 11 is 0. The molecule has 0 saturated carbocycles. The topological polar surface area (TPSA) is 77.3 Å². The van der Waals surface area contributed by atoms with Crippen molar-refractivity contribution in [1.82, 2.24) is 29.9 Å². The first-order valence-electron chi connectivity index (χ1n) is 23.0. The Labute approximate surface area is 394 Å². The molecule has 3 aromatic heterocycles. The molecule has 3 heterocycles. The fourth-order valence-electron chi connectivity index (χ4n) is 10.2. The minimum absolute atomic E-state index is 0.0789. The number of benzene rings is 8. The van der Waals surface area contributed by atoms with Crippen LogP contribution in [-0.4, -0.2) is 29.9 Å². The molecule has 3 aliphatic carbocycles. The Morgan fingerprint density at radius 3 is 1.21 bits per heavy atom. The van der Waals surface area contributed by atoms with Crippen molar-refractivity contribution >= 4 is 0 Å². The molecule has 0 spiro atoms. The second kappa shape index (κ2) is 16.5. The lowest BCUT2D eigenvalue weighted by molar-refractivity contribution is 0.755. The van der Waals surface area contributed by atoms with E-state index in [1.165, 1.54) is 38.9 Å². The molecule has 0 amide bonds. The zero-order valence-electron chi connectivity index (χ0n) is 36.8. The highest BCUT2D eigenvalue weighted by molar-refractivity contribution is 5.83. The molecule has 6 heteroatoms. The molecule has 0 aliphatic heterocycles. The zero-order valence-corrected chi connectivity index (χ0v) is 36.8. The Kier molecular flexibility index (Phi) is 9.53. The van der Waals surface area contributed by atoms with Gasteiger partial charge in [-0.2, -0.15) is 0 Å². The van der Waals surface area contributed by atoms with Crippen molar-refractivity contribution in [2.75, 3.05) is 0 Å². The summed E-state index contributed by atoms with van der Waals surface area (Å²) in [7, 11) is 0. The first kappa shape index (κ1) is 39.4. The Hall–Kier alpha value is -9.00. The molecule has 2 atom stereocenters. The predicted molar refractivity (Wildman–Crippen MR) is 271 cm³/mol. The Balaban J connectivity index is 0.869. The van der Waals surface area contributed by atoms with Crippen LogP contribution in [0.25, 0.3) is 90.5 Å². The maximum absolute atomic E-state index is 5.15. The summed E-state index contributed by atoms with van der Waals surface area (Å²) in [6.07, 6.45) is 1.83. The molecule has 11 aromatic rings. The average molecular weight is 869 g/mol. The Bertz CT molecular complexity index is 3610. The van der Waals surface area contributed by atoms with Crippen LogP contribution in [0.15, 0.2) is 231 Å². The van der Waals surface area contributed by atoms with Crippen LogP contribution in [0.1, 0.15) is 45.2 Å². The third-order valence-electron chi connectivity index (χ3n) is 13.4. The van der Waals surface area contributed by atoms with Crippen molar-refractivity contribution in [2.45, 2.75) is 11.8 Å². The number of aromatic nitrogens is 6. The normalized spacial score (nSPS) is 14.2. The van der Waals surface area contributed by atoms with Gasteiger partial charge >= 0.3 is 0 Å². The molecular formula is C62H40N6. The number of hydrogen-bond acceptors (Lipinski definition) is 6. The van der Waals surface area contributed by atoms with Crippen LogP contribution in [-0.2, 0) is 0 Å². The van der Waals surface area contributed by atoms with E-state index in [9.17, 15) is 0 Å². The van der Waals surface area contributed by atoms with Gasteiger partial charge in [0, 0.05) is 57.0 Å². The molecule has 3 aliphatic rings. The van der Waals surface area contributed by atoms with Crippen LogP contribution in [0.2, 0.25) is 0 Å². The second-order valence-corrected chi connectivity index (χ2v) is 17.4. The monoisotopic (exact) mass is 868 g/mol. The van der Waals surface area contributed by atoms with E-state index in [0.29, 0.717) is 23.3 Å². The van der Waals surface area contributed by atoms with Crippen molar-refractivity contribution in [1.29, 1.82) is 0 Å². The molecule has 2 unspecified atom stereocenters. The van der Waals surface area contributed by atoms with E-state index >= 15 is 0 Å². The molecule has 0 N–H and O–H groups in total. The highest BCUT2D eigenvalue weighted by atomic mass is 15.0. The molecule has 14 rings (SSSR count). The minimum Gasteiger partial charge on any atom is -0.256 e. The fourth-order valence-corrected chi connectivity index (χ4v) is 10.2. The number of nitrogens with zero attached hydrogens (tertiary/aromatic N) is 6. The van der Waals surface area contributed by atoms with Crippen LogP contribution in [0, 0.1) is 0 Å². The summed E-state index contributed by atoms with van der Waals surface area (Å²) in [6, 6.07) is 78.6. The maximum Gasteiger partial charge on any atom is 0.164 e. The van der Waals surface area contributed by atoms with Gasteiger partial charge in [-0.05, 0) is 74.8 Å². The van der Waals surface area contributed by atoms with E-state index in [4.69, 9.17) is 24.9 Å². The highest BCUT2D eigenvalue weighted by Gasteiger charge is 2.41. The van der Waals surface area contributed by atoms with Crippen molar-refractivity contribution in [3.05, 3.63) is 264 Å². The van der Waals surface area contributed by atoms with Crippen molar-refractivity contribution in [3.63, 3.8) is 0 Å². The standard InChI is InChI=1S/C62H40N6/c1-4-16-41(17-5-1)59-64-55(38-56(65-59)47-23-11-10-22-46(47)54-26-14-15-35-63-54)40-29-27-39(28-30-40)44-31-33-50-52(36-44)57-48-24-12-13-25-49(48)58(50)53-37-45(32-34-51(53)57)62-67-60(42-18-6-2-7-19-42)66-61(68-62)43-20-8-3-9-21-43/h1-38,57-58H. The van der Waals surface area contributed by atoms with E-state index < -0.39 is 0 Å². The smallest absolute Gasteiger partial charge is 0.164 e. The van der Waals surface area contributed by atoms with Crippen molar-refractivity contribution in [3.8, 4) is 90.5 Å². The second-order valence-electron chi connectivity index (χ2n) is 17.4. The number of pyridine rings is 1. The SMILES string of the molecule is c1ccc(-c2nc(-c3ccc(-c4ccc5c(c4)C4c6ccccc6C5c5cc(-c6nc(-c7ccccc7)nc(-c7ccccc7)n6)ccc54)cc3)cc(-c3ccccc3-c3ccccn3)n2)cc1. The average Bonchev–Trinajstić information content (AvgIpc) is 3.43. The maximum atomic E-state index is 5.15. The van der Waals surface area contributed by atoms with E-state index in [0.717, 1.165) is 61.6 Å². The van der Waals surface area contributed by atoms with Gasteiger partial charge in [0.05, 0.1) is 17.1 Å². The zero-order chi connectivity index (χ0) is 45.0. The van der Waals surface area contributed by atoms with Gasteiger partial charge in [0.2, 0.25) is 0 Å². The van der Waals surface area contributed by atoms with Crippen LogP contribution in [0.5, 0.6) is 0 Å². The van der Waals surface area contributed by atoms with Crippen molar-refractivity contribution < 1.29 is 0 Å². The van der Waals surface area contributed by atoms with Gasteiger partial charge in [0.15, 0.2) is 23.3 Å². The molecular weight excluding hydrogens is 829 g/mol. The molecule has 318 valence electrons. The summed E-state index contributed by atoms with van der Waals surface area (Å²) in [6.45, 7) is 0. The molecule has 6 nitrogen and oxygen atoms in total. The van der Waals surface area contributed by atoms with Crippen molar-refractivity contribution in [2.24, 2.45) is 0 Å². The minimum atomic E-state index is 0.0789. The number of hydrogen-bond donors (Lipinski definition) is 0. The largest absolute Gasteiger partial charge is 0.256 e. The van der Waals surface area contributed by atoms with Gasteiger partial charge in [-0.25, -0.2) is 24.9 Å². The lowest BCUT2D eigenvalue weighted by Crippen LogP contribution is -2.27. The van der Waals surface area contributed by atoms with Gasteiger partial charge in [-0.1, -0.05) is 194 Å². The van der Waals surface area contributed by atoms with Crippen LogP contribution in [0.4, 0.5) is 0 Å². The van der Waals surface area contributed by atoms with E-state index in [-0.39, 0.29) is 11.8 Å². The van der Waals surface area contributed by atoms with E-state index in [1.807, 2.05) is 85.1 Å². The molecule has 2 bridgehead atoms. The predicted octanol–water partition coefficient (Wildman–Crippen LogP) is 14.4. The summed E-state index contributed by atoms with van der Waals surface area (Å²) in [5, 5.41) is 0. The fraction of sp³-hybridized carbons (Fsp3) is 0.0323. The third-order valence-corrected chi connectivity index (χ3v) is 13.4. The number of rotatable bonds is 8. The van der Waals surface area contributed by atoms with Gasteiger partial charge in [-0.3, -0.25) is 4.98 Å². The molecule has 0 radical (unpaired) electrons. The summed E-state index contributed by atoms with van der Waals surface area (Å²) in [5.74, 6) is 2.83. The lowest BCUT2D eigenvalue weighted by atomic mass is 9.60. The van der Waals surface area contributed by atoms with E-state index in [2.05, 4.69) is 151 Å². The lowest BCUT2D eigenvalue weighted by Gasteiger charge is -2.42. The van der Waals surface area contributed by atoms with Gasteiger partial charge in [0.25, 0.3) is 0 Å². The highest BCUT2D eigenvalue weighted by Crippen LogP contribution is 2.56. The van der Waals surface area contributed by atoms with Gasteiger partial charge in [-0.15, -0.1) is 0 Å². The quantitative estimate of drug-likeness (QED) is 0.151. The first-order valence-corrected chi connectivity index (χ1v) is 23.0. The summed E-state index contributed by atoms with van der Waals surface area (Å²) in [4.78, 5) is 30.1. The third kappa shape index (κ3) is 6.90. The van der Waals surface area contributed by atoms with Crippen LogP contribution in [0.3, 0.4) is 0 Å². The van der Waals surface area contributed by atoms with Gasteiger partial charge < -0.3 is 0 Å². The van der Waals surface area contributed by atoms with Gasteiger partial charge in [0.1, 0.15) is 0 Å². The van der Waals surface area contributed by atoms with Crippen LogP contribution >= 0.6 is 0 Å². The Morgan fingerprint density at radius 2 is 0.647 bits per heavy atom. The molecule has 0 fully saturated rings. The first-order chi connectivity index (χ1) is 33.7. The molecule has 0 saturated heterocycles.